The molecule has 23 heavy (non-hydrogen) atoms. The number of halogens is 1. The number of aromatic nitrogens is 5. The highest BCUT2D eigenvalue weighted by Crippen LogP contribution is 2.26. The van der Waals surface area contributed by atoms with Crippen LogP contribution in [0.3, 0.4) is 0 Å². The van der Waals surface area contributed by atoms with Gasteiger partial charge in [0.1, 0.15) is 0 Å². The first-order chi connectivity index (χ1) is 11.2. The smallest absolute Gasteiger partial charge is 0.231 e. The maximum atomic E-state index is 8.62. The van der Waals surface area contributed by atoms with Crippen LogP contribution in [0.2, 0.25) is 5.02 Å². The first kappa shape index (κ1) is 15.0. The Morgan fingerprint density at radius 2 is 2.30 bits per heavy atom. The van der Waals surface area contributed by atoms with Gasteiger partial charge in [0, 0.05) is 17.8 Å². The molecule has 0 spiro atoms. The maximum absolute atomic E-state index is 8.62. The summed E-state index contributed by atoms with van der Waals surface area (Å²) in [7, 11) is 0. The van der Waals surface area contributed by atoms with Crippen molar-refractivity contribution < 1.29 is 4.52 Å². The molecule has 0 radical (unpaired) electrons. The highest BCUT2D eigenvalue weighted by Gasteiger charge is 2.12. The topological polar surface area (TPSA) is 105 Å². The number of hydrogen-bond donors (Lipinski definition) is 1. The van der Waals surface area contributed by atoms with E-state index in [0.29, 0.717) is 35.5 Å². The van der Waals surface area contributed by atoms with Crippen LogP contribution in [-0.2, 0) is 6.54 Å². The van der Waals surface area contributed by atoms with Gasteiger partial charge < -0.3 is 4.52 Å². The molecule has 0 saturated heterocycles. The second-order valence-electron chi connectivity index (χ2n) is 4.75. The molecule has 9 heteroatoms. The van der Waals surface area contributed by atoms with Crippen LogP contribution in [0.1, 0.15) is 12.1 Å². The van der Waals surface area contributed by atoms with E-state index in [1.807, 2.05) is 6.92 Å². The fraction of sp³-hybridized carbons (Fsp3) is 0.214. The molecule has 0 aliphatic carbocycles. The minimum absolute atomic E-state index is 0.338. The second-order valence-corrected chi connectivity index (χ2v) is 5.16. The summed E-state index contributed by atoms with van der Waals surface area (Å²) >= 11 is 6.17. The maximum Gasteiger partial charge on any atom is 0.231 e. The van der Waals surface area contributed by atoms with Gasteiger partial charge in [-0.1, -0.05) is 16.8 Å². The van der Waals surface area contributed by atoms with Crippen molar-refractivity contribution in [1.82, 2.24) is 24.9 Å². The molecular formula is C14H12ClN7O. The molecule has 0 amide bonds. The molecule has 3 aromatic rings. The van der Waals surface area contributed by atoms with Gasteiger partial charge in [0.25, 0.3) is 0 Å². The third-order valence-corrected chi connectivity index (χ3v) is 3.24. The predicted molar refractivity (Wildman–Crippen MR) is 83.0 cm³/mol. The zero-order valence-electron chi connectivity index (χ0n) is 12.2. The Hall–Kier alpha value is -2.92. The predicted octanol–water partition coefficient (Wildman–Crippen LogP) is 2.95. The van der Waals surface area contributed by atoms with Gasteiger partial charge in [-0.3, -0.25) is 10.00 Å². The molecule has 0 saturated carbocycles. The van der Waals surface area contributed by atoms with Crippen LogP contribution in [0.25, 0.3) is 11.3 Å². The van der Waals surface area contributed by atoms with Crippen LogP contribution in [-0.4, -0.2) is 24.9 Å². The highest BCUT2D eigenvalue weighted by atomic mass is 35.5. The van der Waals surface area contributed by atoms with Crippen LogP contribution >= 0.6 is 11.6 Å². The summed E-state index contributed by atoms with van der Waals surface area (Å²) in [6.07, 6.45) is 5.32. The minimum Gasteiger partial charge on any atom is -0.338 e. The minimum atomic E-state index is 0.338. The van der Waals surface area contributed by atoms with Crippen LogP contribution < -0.4 is 5.32 Å². The third kappa shape index (κ3) is 3.46. The van der Waals surface area contributed by atoms with E-state index in [1.54, 1.807) is 23.1 Å². The fourth-order valence-corrected chi connectivity index (χ4v) is 2.14. The molecule has 0 aliphatic heterocycles. The van der Waals surface area contributed by atoms with Crippen molar-refractivity contribution in [3.05, 3.63) is 35.4 Å². The lowest BCUT2D eigenvalue weighted by atomic mass is 10.2. The van der Waals surface area contributed by atoms with Gasteiger partial charge in [0.2, 0.25) is 11.8 Å². The van der Waals surface area contributed by atoms with Crippen LogP contribution in [0.5, 0.6) is 0 Å². The monoisotopic (exact) mass is 329 g/mol. The second kappa shape index (κ2) is 6.46. The van der Waals surface area contributed by atoms with Crippen molar-refractivity contribution in [2.75, 3.05) is 5.32 Å². The van der Waals surface area contributed by atoms with Crippen LogP contribution in [0, 0.1) is 18.3 Å². The van der Waals surface area contributed by atoms with Crippen molar-refractivity contribution in [2.24, 2.45) is 0 Å². The molecule has 3 aromatic heterocycles. The molecule has 0 unspecified atom stereocenters. The van der Waals surface area contributed by atoms with E-state index >= 15 is 0 Å². The molecule has 116 valence electrons. The molecule has 3 rings (SSSR count). The average molecular weight is 330 g/mol. The van der Waals surface area contributed by atoms with Gasteiger partial charge in [-0.25, -0.2) is 9.97 Å². The van der Waals surface area contributed by atoms with Crippen molar-refractivity contribution >= 4 is 23.4 Å². The molecule has 0 fully saturated rings. The lowest BCUT2D eigenvalue weighted by molar-refractivity contribution is 0.429. The Balaban J connectivity index is 1.85. The molecule has 0 aromatic carbocycles. The van der Waals surface area contributed by atoms with Gasteiger partial charge in [0.05, 0.1) is 47.8 Å². The fourth-order valence-electron chi connectivity index (χ4n) is 1.94. The van der Waals surface area contributed by atoms with E-state index in [-0.39, 0.29) is 0 Å². The van der Waals surface area contributed by atoms with Crippen molar-refractivity contribution in [3.63, 3.8) is 0 Å². The van der Waals surface area contributed by atoms with Crippen molar-refractivity contribution in [3.8, 4) is 17.3 Å². The summed E-state index contributed by atoms with van der Waals surface area (Å²) < 4.78 is 6.74. The number of anilines is 2. The van der Waals surface area contributed by atoms with Gasteiger partial charge in [0.15, 0.2) is 0 Å². The van der Waals surface area contributed by atoms with E-state index in [1.165, 1.54) is 6.20 Å². The standard InChI is InChI=1S/C14H12ClN7O/c1-9-5-12(23-21-9)19-14-17-7-11(15)13(20-14)10-6-18-22(8-10)4-2-3-16/h5-8H,2,4H2,1H3,(H,17,19,20). The van der Waals surface area contributed by atoms with Gasteiger partial charge in [-0.05, 0) is 6.92 Å². The first-order valence-electron chi connectivity index (χ1n) is 6.78. The summed E-state index contributed by atoms with van der Waals surface area (Å²) in [5, 5.41) is 19.9. The highest BCUT2D eigenvalue weighted by molar-refractivity contribution is 6.32. The molecule has 0 atom stereocenters. The SMILES string of the molecule is Cc1cc(Nc2ncc(Cl)c(-c3cnn(CCC#N)c3)n2)on1. The van der Waals surface area contributed by atoms with Crippen molar-refractivity contribution in [2.45, 2.75) is 19.9 Å². The molecule has 3 heterocycles. The summed E-state index contributed by atoms with van der Waals surface area (Å²) in [5.41, 5.74) is 2.04. The van der Waals surface area contributed by atoms with Crippen LogP contribution in [0.15, 0.2) is 29.2 Å². The average Bonchev–Trinajstić information content (AvgIpc) is 3.16. The Kier molecular flexibility index (Phi) is 4.21. The first-order valence-corrected chi connectivity index (χ1v) is 7.16. The summed E-state index contributed by atoms with van der Waals surface area (Å²) in [5.74, 6) is 0.783. The normalized spacial score (nSPS) is 10.5. The Morgan fingerprint density at radius 1 is 1.43 bits per heavy atom. The Labute approximate surface area is 136 Å². The van der Waals surface area contributed by atoms with E-state index < -0.39 is 0 Å². The molecule has 8 nitrogen and oxygen atoms in total. The van der Waals surface area contributed by atoms with E-state index in [2.05, 4.69) is 31.6 Å². The van der Waals surface area contributed by atoms with E-state index in [4.69, 9.17) is 21.4 Å². The third-order valence-electron chi connectivity index (χ3n) is 2.97. The van der Waals surface area contributed by atoms with Gasteiger partial charge >= 0.3 is 0 Å². The van der Waals surface area contributed by atoms with Gasteiger partial charge in [-0.2, -0.15) is 10.4 Å². The van der Waals surface area contributed by atoms with E-state index in [0.717, 1.165) is 11.3 Å². The summed E-state index contributed by atoms with van der Waals surface area (Å²) in [4.78, 5) is 8.49. The number of aryl methyl sites for hydroxylation is 2. The number of nitrogens with one attached hydrogen (secondary N) is 1. The van der Waals surface area contributed by atoms with E-state index in [9.17, 15) is 0 Å². The molecule has 1 N–H and O–H groups in total. The largest absolute Gasteiger partial charge is 0.338 e. The summed E-state index contributed by atoms with van der Waals surface area (Å²) in [6.45, 7) is 2.33. The number of hydrogen-bond acceptors (Lipinski definition) is 7. The number of rotatable bonds is 5. The lowest BCUT2D eigenvalue weighted by Gasteiger charge is -2.04. The van der Waals surface area contributed by atoms with Gasteiger partial charge in [-0.15, -0.1) is 0 Å². The molecule has 0 bridgehead atoms. The Bertz CT molecular complexity index is 864. The Morgan fingerprint density at radius 3 is 3.04 bits per heavy atom. The zero-order valence-corrected chi connectivity index (χ0v) is 12.9. The lowest BCUT2D eigenvalue weighted by Crippen LogP contribution is -1.98. The van der Waals surface area contributed by atoms with Crippen molar-refractivity contribution in [1.29, 1.82) is 5.26 Å². The molecule has 0 aliphatic rings. The zero-order chi connectivity index (χ0) is 16.2. The number of nitriles is 1. The summed E-state index contributed by atoms with van der Waals surface area (Å²) in [6, 6.07) is 3.81. The number of nitrogens with zero attached hydrogens (tertiary/aromatic N) is 6. The quantitative estimate of drug-likeness (QED) is 0.767. The molecular weight excluding hydrogens is 318 g/mol. The van der Waals surface area contributed by atoms with Crippen LogP contribution in [0.4, 0.5) is 11.8 Å².